The molecule has 3 heteroatoms. The van der Waals surface area contributed by atoms with Crippen molar-refractivity contribution in [1.29, 1.82) is 0 Å². The largest absolute Gasteiger partial charge is 0.378 e. The number of hydrogen-bond donors (Lipinski definition) is 1. The van der Waals surface area contributed by atoms with E-state index in [1.54, 1.807) is 0 Å². The Labute approximate surface area is 124 Å². The average Bonchev–Trinajstić information content (AvgIpc) is 2.79. The van der Waals surface area contributed by atoms with E-state index in [2.05, 4.69) is 24.1 Å². The van der Waals surface area contributed by atoms with Crippen molar-refractivity contribution < 1.29 is 4.74 Å². The lowest BCUT2D eigenvalue weighted by molar-refractivity contribution is -0.0434. The van der Waals surface area contributed by atoms with Gasteiger partial charge in [-0.25, -0.2) is 0 Å². The van der Waals surface area contributed by atoms with Crippen LogP contribution in [0.15, 0.2) is 0 Å². The van der Waals surface area contributed by atoms with Gasteiger partial charge in [0.25, 0.3) is 0 Å². The van der Waals surface area contributed by atoms with Crippen LogP contribution in [0.3, 0.4) is 0 Å². The van der Waals surface area contributed by atoms with Crippen molar-refractivity contribution in [2.75, 3.05) is 13.2 Å². The third-order valence-corrected chi connectivity index (χ3v) is 5.70. The van der Waals surface area contributed by atoms with Crippen LogP contribution in [0.25, 0.3) is 0 Å². The van der Waals surface area contributed by atoms with Gasteiger partial charge in [-0.1, -0.05) is 20.3 Å². The summed E-state index contributed by atoms with van der Waals surface area (Å²) in [5, 5.41) is 3.78. The van der Waals surface area contributed by atoms with Gasteiger partial charge in [0.2, 0.25) is 0 Å². The molecule has 3 nitrogen and oxygen atoms in total. The maximum Gasteiger partial charge on any atom is 0.0590 e. The molecule has 3 rings (SSSR count). The Morgan fingerprint density at radius 2 is 1.75 bits per heavy atom. The maximum atomic E-state index is 5.95. The molecule has 116 valence electrons. The molecule has 3 heterocycles. The van der Waals surface area contributed by atoms with Gasteiger partial charge in [-0.15, -0.1) is 0 Å². The smallest absolute Gasteiger partial charge is 0.0590 e. The molecule has 1 N–H and O–H groups in total. The molecule has 3 aliphatic rings. The maximum absolute atomic E-state index is 5.95. The number of hydrogen-bond acceptors (Lipinski definition) is 3. The van der Waals surface area contributed by atoms with Crippen LogP contribution in [0.2, 0.25) is 0 Å². The molecule has 0 aromatic rings. The fourth-order valence-corrected chi connectivity index (χ4v) is 4.80. The average molecular weight is 280 g/mol. The summed E-state index contributed by atoms with van der Waals surface area (Å²) < 4.78 is 5.95. The summed E-state index contributed by atoms with van der Waals surface area (Å²) in [6.45, 7) is 6.82. The van der Waals surface area contributed by atoms with Crippen molar-refractivity contribution in [2.45, 2.75) is 95.5 Å². The van der Waals surface area contributed by atoms with Crippen molar-refractivity contribution in [1.82, 2.24) is 10.2 Å². The lowest BCUT2D eigenvalue weighted by Crippen LogP contribution is -2.53. The molecule has 3 aliphatic heterocycles. The predicted molar refractivity (Wildman–Crippen MR) is 83.0 cm³/mol. The lowest BCUT2D eigenvalue weighted by atomic mass is 9.92. The van der Waals surface area contributed by atoms with E-state index >= 15 is 0 Å². The molecule has 0 aromatic carbocycles. The third-order valence-electron chi connectivity index (χ3n) is 5.70. The van der Waals surface area contributed by atoms with Crippen molar-refractivity contribution in [2.24, 2.45) is 0 Å². The molecule has 20 heavy (non-hydrogen) atoms. The van der Waals surface area contributed by atoms with Gasteiger partial charge in [0.05, 0.1) is 6.10 Å². The van der Waals surface area contributed by atoms with Crippen molar-refractivity contribution in [3.05, 3.63) is 0 Å². The first kappa shape index (κ1) is 14.8. The monoisotopic (exact) mass is 280 g/mol. The molecular weight excluding hydrogens is 248 g/mol. The van der Waals surface area contributed by atoms with E-state index < -0.39 is 0 Å². The van der Waals surface area contributed by atoms with Crippen LogP contribution in [0.5, 0.6) is 0 Å². The summed E-state index contributed by atoms with van der Waals surface area (Å²) in [5.41, 5.74) is 0. The van der Waals surface area contributed by atoms with Gasteiger partial charge in [-0.3, -0.25) is 4.90 Å². The molecule has 3 fully saturated rings. The topological polar surface area (TPSA) is 24.5 Å². The van der Waals surface area contributed by atoms with Gasteiger partial charge in [-0.2, -0.15) is 0 Å². The summed E-state index contributed by atoms with van der Waals surface area (Å²) in [6.07, 6.45) is 11.1. The second-order valence-corrected chi connectivity index (χ2v) is 7.05. The minimum atomic E-state index is 0.520. The highest BCUT2D eigenvalue weighted by molar-refractivity contribution is 4.97. The minimum absolute atomic E-state index is 0.520. The molecule has 4 atom stereocenters. The third kappa shape index (κ3) is 3.20. The van der Waals surface area contributed by atoms with Crippen LogP contribution in [0.4, 0.5) is 0 Å². The summed E-state index contributed by atoms with van der Waals surface area (Å²) in [4.78, 5) is 2.83. The highest BCUT2D eigenvalue weighted by Crippen LogP contribution is 2.33. The predicted octanol–water partition coefficient (Wildman–Crippen LogP) is 2.94. The van der Waals surface area contributed by atoms with E-state index in [-0.39, 0.29) is 0 Å². The van der Waals surface area contributed by atoms with Crippen LogP contribution in [0.1, 0.15) is 65.2 Å². The number of rotatable bonds is 5. The second-order valence-electron chi connectivity index (χ2n) is 7.05. The summed E-state index contributed by atoms with van der Waals surface area (Å²) in [5.74, 6) is 0. The molecule has 0 aliphatic carbocycles. The summed E-state index contributed by atoms with van der Waals surface area (Å²) >= 11 is 0. The van der Waals surface area contributed by atoms with Crippen LogP contribution in [0, 0.1) is 0 Å². The van der Waals surface area contributed by atoms with Crippen LogP contribution in [-0.4, -0.2) is 48.3 Å². The van der Waals surface area contributed by atoms with E-state index in [1.807, 2.05) is 0 Å². The quantitative estimate of drug-likeness (QED) is 0.838. The Balaban J connectivity index is 1.60. The highest BCUT2D eigenvalue weighted by atomic mass is 16.5. The van der Waals surface area contributed by atoms with E-state index in [0.29, 0.717) is 6.10 Å². The number of piperidine rings is 1. The van der Waals surface area contributed by atoms with Gasteiger partial charge < -0.3 is 10.1 Å². The van der Waals surface area contributed by atoms with Crippen molar-refractivity contribution in [3.8, 4) is 0 Å². The number of fused-ring (bicyclic) bond motifs is 2. The lowest BCUT2D eigenvalue weighted by Gasteiger charge is -2.44. The van der Waals surface area contributed by atoms with Gasteiger partial charge in [0.1, 0.15) is 0 Å². The first-order chi connectivity index (χ1) is 9.80. The number of ether oxygens (including phenoxy) is 1. The van der Waals surface area contributed by atoms with Crippen LogP contribution >= 0.6 is 0 Å². The standard InChI is InChI=1S/C17H32N2O/c1-3-5-17-12-15(8-9-20-17)19(4-2)16-10-13-6-7-14(11-16)18-13/h13-18H,3-12H2,1-2H3. The molecule has 2 bridgehead atoms. The Morgan fingerprint density at radius 3 is 2.40 bits per heavy atom. The Hall–Kier alpha value is -0.120. The minimum Gasteiger partial charge on any atom is -0.378 e. The van der Waals surface area contributed by atoms with E-state index in [1.165, 1.54) is 57.9 Å². The zero-order valence-electron chi connectivity index (χ0n) is 13.3. The highest BCUT2D eigenvalue weighted by Gasteiger charge is 2.38. The summed E-state index contributed by atoms with van der Waals surface area (Å²) in [7, 11) is 0. The second kappa shape index (κ2) is 6.76. The SMILES string of the molecule is CCCC1CC(N(CC)C2CC3CCC(C2)N3)CCO1. The Morgan fingerprint density at radius 1 is 1.00 bits per heavy atom. The van der Waals surface area contributed by atoms with Gasteiger partial charge >= 0.3 is 0 Å². The zero-order chi connectivity index (χ0) is 13.9. The van der Waals surface area contributed by atoms with Crippen molar-refractivity contribution in [3.63, 3.8) is 0 Å². The fraction of sp³-hybridized carbons (Fsp3) is 1.00. The first-order valence-corrected chi connectivity index (χ1v) is 8.93. The number of nitrogens with one attached hydrogen (secondary N) is 1. The molecular formula is C17H32N2O. The van der Waals surface area contributed by atoms with Crippen molar-refractivity contribution >= 4 is 0 Å². The molecule has 0 aromatic heterocycles. The Kier molecular flexibility index (Phi) is 5.00. The van der Waals surface area contributed by atoms with E-state index in [4.69, 9.17) is 4.74 Å². The zero-order valence-corrected chi connectivity index (χ0v) is 13.3. The van der Waals surface area contributed by atoms with Gasteiger partial charge in [0.15, 0.2) is 0 Å². The molecule has 0 radical (unpaired) electrons. The normalized spacial score (nSPS) is 41.2. The van der Waals surface area contributed by atoms with Crippen LogP contribution in [-0.2, 0) is 4.74 Å². The molecule has 0 saturated carbocycles. The fourth-order valence-electron chi connectivity index (χ4n) is 4.80. The summed E-state index contributed by atoms with van der Waals surface area (Å²) in [6, 6.07) is 3.20. The Bertz CT molecular complexity index is 295. The molecule has 3 saturated heterocycles. The molecule has 0 spiro atoms. The molecule has 4 unspecified atom stereocenters. The van der Waals surface area contributed by atoms with Gasteiger partial charge in [0, 0.05) is 30.8 Å². The van der Waals surface area contributed by atoms with E-state index in [9.17, 15) is 0 Å². The molecule has 0 amide bonds. The first-order valence-electron chi connectivity index (χ1n) is 8.93. The van der Waals surface area contributed by atoms with Gasteiger partial charge in [-0.05, 0) is 51.5 Å². The van der Waals surface area contributed by atoms with E-state index in [0.717, 1.165) is 30.8 Å². The number of nitrogens with zero attached hydrogens (tertiary/aromatic N) is 1. The van der Waals surface area contributed by atoms with Crippen LogP contribution < -0.4 is 5.32 Å².